The molecule has 9 rings (SSSR count). The predicted molar refractivity (Wildman–Crippen MR) is 347 cm³/mol. The van der Waals surface area contributed by atoms with Gasteiger partial charge in [-0.15, -0.1) is 22.7 Å². The van der Waals surface area contributed by atoms with E-state index < -0.39 is 101 Å². The van der Waals surface area contributed by atoms with Gasteiger partial charge in [0.25, 0.3) is 11.8 Å². The minimum Gasteiger partial charge on any atom is -0.484 e. The number of hydrogen-bond donors (Lipinski definition) is 7. The van der Waals surface area contributed by atoms with E-state index >= 15 is 4.79 Å². The Balaban J connectivity index is 0.802. The van der Waals surface area contributed by atoms with E-state index in [9.17, 15) is 57.0 Å². The van der Waals surface area contributed by atoms with Crippen LogP contribution in [-0.2, 0) is 52.0 Å². The van der Waals surface area contributed by atoms with E-state index in [1.54, 1.807) is 60.7 Å². The number of thiazole rings is 1. The number of thiophene rings is 1. The lowest BCUT2D eigenvalue weighted by molar-refractivity contribution is -0.150. The zero-order valence-corrected chi connectivity index (χ0v) is 55.4. The molecule has 2 fully saturated rings. The number of nitrogens with zero attached hydrogens (tertiary/aromatic N) is 4. The Kier molecular flexibility index (Phi) is 21.3. The lowest BCUT2D eigenvalue weighted by Crippen LogP contribution is -2.61. The number of aliphatic hydroxyl groups is 1. The summed E-state index contributed by atoms with van der Waals surface area (Å²) in [6.45, 7) is 15.2. The van der Waals surface area contributed by atoms with Crippen LogP contribution in [0.5, 0.6) is 5.75 Å². The number of ether oxygens (including phenoxy) is 1. The maximum Gasteiger partial charge on any atom is 0.399 e. The van der Waals surface area contributed by atoms with Crippen LogP contribution in [0.15, 0.2) is 103 Å². The first-order valence-electron chi connectivity index (χ1n) is 30.9. The second kappa shape index (κ2) is 28.4. The van der Waals surface area contributed by atoms with Crippen LogP contribution in [0, 0.1) is 17.8 Å². The molecule has 7 atom stereocenters. The molecule has 4 unspecified atom stereocenters. The largest absolute Gasteiger partial charge is 0.484 e. The Labute approximate surface area is 542 Å². The first-order valence-corrected chi connectivity index (χ1v) is 34.2. The number of rotatable bonds is 21. The van der Waals surface area contributed by atoms with Gasteiger partial charge in [0.15, 0.2) is 6.61 Å². The fourth-order valence-corrected chi connectivity index (χ4v) is 14.3. The number of amides is 7. The summed E-state index contributed by atoms with van der Waals surface area (Å²) < 4.78 is 47.5. The molecule has 492 valence electrons. The van der Waals surface area contributed by atoms with E-state index in [-0.39, 0.29) is 67.6 Å². The predicted octanol–water partition coefficient (Wildman–Crippen LogP) is 9.10. The van der Waals surface area contributed by atoms with Crippen molar-refractivity contribution in [2.45, 2.75) is 155 Å². The fourth-order valence-electron chi connectivity index (χ4n) is 12.1. The topological polar surface area (TPSA) is 277 Å². The van der Waals surface area contributed by atoms with E-state index in [1.165, 1.54) is 21.9 Å². The van der Waals surface area contributed by atoms with Crippen molar-refractivity contribution in [3.05, 3.63) is 141 Å². The maximum absolute atomic E-state index is 15.3. The number of nitrogens with one attached hydrogen (secondary N) is 4. The van der Waals surface area contributed by atoms with Crippen LogP contribution in [0.2, 0.25) is 0 Å². The first-order chi connectivity index (χ1) is 43.4. The molecule has 25 heteroatoms. The highest BCUT2D eigenvalue weighted by Crippen LogP contribution is 2.59. The summed E-state index contributed by atoms with van der Waals surface area (Å²) in [6, 6.07) is 22.8. The maximum atomic E-state index is 15.3. The molecular weight excluding hydrogens is 1240 g/mol. The summed E-state index contributed by atoms with van der Waals surface area (Å²) >= 11 is 2.50. The van der Waals surface area contributed by atoms with Crippen molar-refractivity contribution in [1.29, 1.82) is 0 Å². The number of piperidine rings is 1. The zero-order valence-electron chi connectivity index (χ0n) is 52.9. The van der Waals surface area contributed by atoms with Crippen LogP contribution in [-0.4, -0.2) is 139 Å². The average molecular weight is 1320 g/mol. The van der Waals surface area contributed by atoms with Gasteiger partial charge < -0.3 is 55.6 Å². The molecule has 0 bridgehead atoms. The van der Waals surface area contributed by atoms with Gasteiger partial charge in [-0.25, -0.2) is 4.98 Å². The van der Waals surface area contributed by atoms with Crippen LogP contribution in [0.1, 0.15) is 142 Å². The van der Waals surface area contributed by atoms with Gasteiger partial charge in [-0.2, -0.15) is 8.78 Å². The lowest BCUT2D eigenvalue weighted by atomic mass is 9.83. The number of halogens is 2. The quantitative estimate of drug-likeness (QED) is 0.0262. The third kappa shape index (κ3) is 16.1. The number of benzene rings is 4. The zero-order chi connectivity index (χ0) is 66.6. The van der Waals surface area contributed by atoms with E-state index in [0.29, 0.717) is 41.9 Å². The lowest BCUT2D eigenvalue weighted by Gasteiger charge is -2.43. The van der Waals surface area contributed by atoms with E-state index in [1.807, 2.05) is 89.2 Å². The van der Waals surface area contributed by atoms with Crippen molar-refractivity contribution < 1.29 is 66.5 Å². The number of aliphatic hydroxyl groups excluding tert-OH is 1. The monoisotopic (exact) mass is 1320 g/mol. The molecular formula is C67H81F2N8O12PS2. The van der Waals surface area contributed by atoms with Gasteiger partial charge in [0.05, 0.1) is 33.1 Å². The van der Waals surface area contributed by atoms with E-state index in [4.69, 9.17) is 4.74 Å². The standard InChI is InChI=1S/C67H81F2N8O12PS2/c1-39(41-19-21-43(22-20-41)57-40(2)71-38-91-57)72-60(81)51-33-49(78)36-77(51)63(84)58(65(3,4)5)73-55(79)18-12-13-27-70-56(80)37-89-50-25-23-44-31-52(62(83)75-28-14-17-45(34-75)42-15-10-9-11-16-42)76(35-47(44)30-50)64(85)59(66(6,7)8)74-61(82)54-32-46-29-48(24-26-53(46)92-54)67(68,69)90(86,87)88/h9-11,15-16,19-26,29-30,32,38-39,45,49,51-52,58-59,78H,12-14,17-18,27-28,31,33-37H2,1-8H3,(H,70,80)(H,72,81)(H,73,79)(H,74,82)(H2,86,87,88)/t39-,45?,49+,51-,52?,58?,59?/m0/s1. The molecule has 5 heterocycles. The molecule has 92 heavy (non-hydrogen) atoms. The number of unbranched alkanes of at least 4 members (excludes halogenated alkanes) is 1. The number of carbonyl (C=O) groups is 7. The normalized spacial score (nSPS) is 18.9. The fraction of sp³-hybridized carbons (Fsp3) is 0.463. The first kappa shape index (κ1) is 68.9. The SMILES string of the molecule is Cc1ncsc1-c1ccc([C@H](C)NC(=O)[C@@H]2C[C@@H](O)CN2C(=O)C(NC(=O)CCCCNC(=O)COc2ccc3c(c2)CN(C(=O)C(NC(=O)c2cc4cc(C(F)(F)P(=O)(O)O)ccc4s2)C(C)(C)C)C(C(=O)N2CCCC(c4ccccc4)C2)C3)C(C)(C)C)cc1. The number of hydrogen-bond acceptors (Lipinski definition) is 13. The summed E-state index contributed by atoms with van der Waals surface area (Å²) in [6.07, 6.45) is 1.68. The summed E-state index contributed by atoms with van der Waals surface area (Å²) in [5.74, 6) is -2.83. The molecule has 0 saturated carbocycles. The van der Waals surface area contributed by atoms with Gasteiger partial charge in [-0.05, 0) is 114 Å². The molecule has 4 aromatic carbocycles. The van der Waals surface area contributed by atoms with Crippen LogP contribution in [0.25, 0.3) is 20.5 Å². The second-order valence-electron chi connectivity index (χ2n) is 26.3. The van der Waals surface area contributed by atoms with Crippen molar-refractivity contribution >= 4 is 81.7 Å². The van der Waals surface area contributed by atoms with Gasteiger partial charge >= 0.3 is 13.3 Å². The number of carbonyl (C=O) groups excluding carboxylic acids is 7. The Hall–Kier alpha value is -7.47. The second-order valence-corrected chi connectivity index (χ2v) is 29.9. The number of aromatic nitrogens is 1. The summed E-state index contributed by atoms with van der Waals surface area (Å²) in [4.78, 5) is 128. The highest BCUT2D eigenvalue weighted by Gasteiger charge is 2.51. The van der Waals surface area contributed by atoms with Crippen LogP contribution < -0.4 is 26.0 Å². The Bertz CT molecular complexity index is 3750. The van der Waals surface area contributed by atoms with Crippen molar-refractivity contribution in [2.75, 3.05) is 32.8 Å². The molecule has 20 nitrogen and oxygen atoms in total. The van der Waals surface area contributed by atoms with Crippen molar-refractivity contribution in [1.82, 2.24) is 41.0 Å². The van der Waals surface area contributed by atoms with E-state index in [0.717, 1.165) is 69.1 Å². The smallest absolute Gasteiger partial charge is 0.399 e. The molecule has 0 spiro atoms. The Morgan fingerprint density at radius 3 is 2.16 bits per heavy atom. The van der Waals surface area contributed by atoms with Gasteiger partial charge in [-0.1, -0.05) is 108 Å². The number of β-amino-alcohol motifs (C(OH)–C–C–N with tert-alkyl or cyclic N) is 1. The van der Waals surface area contributed by atoms with Gasteiger partial charge in [0.2, 0.25) is 29.5 Å². The average Bonchev–Trinajstić information content (AvgIpc) is 1.21. The molecule has 0 radical (unpaired) electrons. The summed E-state index contributed by atoms with van der Waals surface area (Å²) in [5.41, 5.74) is 0.0400. The molecule has 3 aliphatic rings. The van der Waals surface area contributed by atoms with Gasteiger partial charge in [0.1, 0.15) is 29.9 Å². The minimum absolute atomic E-state index is 0.0397. The molecule has 6 aromatic rings. The molecule has 7 amide bonds. The molecule has 2 saturated heterocycles. The third-order valence-electron chi connectivity index (χ3n) is 17.3. The van der Waals surface area contributed by atoms with Crippen LogP contribution >= 0.6 is 30.3 Å². The van der Waals surface area contributed by atoms with Crippen LogP contribution in [0.3, 0.4) is 0 Å². The Morgan fingerprint density at radius 1 is 0.793 bits per heavy atom. The van der Waals surface area contributed by atoms with Crippen molar-refractivity contribution in [3.63, 3.8) is 0 Å². The van der Waals surface area contributed by atoms with E-state index in [2.05, 4.69) is 26.3 Å². The molecule has 2 aromatic heterocycles. The number of likely N-dealkylation sites (tertiary alicyclic amines) is 2. The number of aryl methyl sites for hydroxylation is 1. The molecule has 0 aliphatic carbocycles. The summed E-state index contributed by atoms with van der Waals surface area (Å²) in [7, 11) is -5.87. The third-order valence-corrected chi connectivity index (χ3v) is 20.4. The number of fused-ring (bicyclic) bond motifs is 2. The van der Waals surface area contributed by atoms with Gasteiger partial charge in [0, 0.05) is 68.2 Å². The number of alkyl halides is 2. The molecule has 7 N–H and O–H groups in total. The highest BCUT2D eigenvalue weighted by molar-refractivity contribution is 7.52. The van der Waals surface area contributed by atoms with Gasteiger partial charge in [-0.3, -0.25) is 38.1 Å². The highest BCUT2D eigenvalue weighted by atomic mass is 32.1. The Morgan fingerprint density at radius 2 is 1.49 bits per heavy atom. The molecule has 3 aliphatic heterocycles. The van der Waals surface area contributed by atoms with Crippen LogP contribution in [0.4, 0.5) is 8.78 Å². The van der Waals surface area contributed by atoms with Crippen molar-refractivity contribution in [3.8, 4) is 16.2 Å². The minimum atomic E-state index is -5.87. The van der Waals surface area contributed by atoms with Crippen molar-refractivity contribution in [2.24, 2.45) is 10.8 Å². The summed E-state index contributed by atoms with van der Waals surface area (Å²) in [5, 5.41) is 22.5.